The molecule has 1 saturated heterocycles. The topological polar surface area (TPSA) is 71.3 Å². The molecule has 1 N–H and O–H groups in total. The van der Waals surface area contributed by atoms with Crippen LogP contribution in [0, 0.1) is 12.8 Å². The summed E-state index contributed by atoms with van der Waals surface area (Å²) in [5.74, 6) is 3.47. The van der Waals surface area contributed by atoms with E-state index in [0.717, 1.165) is 56.0 Å². The predicted octanol–water partition coefficient (Wildman–Crippen LogP) is 4.70. The molecule has 7 heteroatoms. The van der Waals surface area contributed by atoms with Gasteiger partial charge in [-0.15, -0.1) is 0 Å². The van der Waals surface area contributed by atoms with Gasteiger partial charge in [0.05, 0.1) is 12.5 Å². The lowest BCUT2D eigenvalue weighted by Crippen LogP contribution is -2.43. The van der Waals surface area contributed by atoms with Crippen LogP contribution < -0.4 is 5.32 Å². The minimum Gasteiger partial charge on any atom is -0.356 e. The van der Waals surface area contributed by atoms with E-state index in [1.807, 2.05) is 42.1 Å². The highest BCUT2D eigenvalue weighted by molar-refractivity contribution is 7.98. The van der Waals surface area contributed by atoms with E-state index in [-0.39, 0.29) is 11.8 Å². The number of amides is 1. The van der Waals surface area contributed by atoms with E-state index in [2.05, 4.69) is 51.5 Å². The molecular formula is C26H32N4O2S. The monoisotopic (exact) mass is 464 g/mol. The van der Waals surface area contributed by atoms with Gasteiger partial charge in [0, 0.05) is 24.4 Å². The third kappa shape index (κ3) is 7.17. The highest BCUT2D eigenvalue weighted by atomic mass is 32.2. The fourth-order valence-electron chi connectivity index (χ4n) is 4.04. The molecule has 33 heavy (non-hydrogen) atoms. The number of hydrogen-bond acceptors (Lipinski definition) is 6. The molecule has 1 unspecified atom stereocenters. The van der Waals surface area contributed by atoms with E-state index in [1.54, 1.807) is 0 Å². The minimum atomic E-state index is 0.0233. The van der Waals surface area contributed by atoms with E-state index in [1.165, 1.54) is 11.1 Å². The van der Waals surface area contributed by atoms with Crippen LogP contribution in [0.1, 0.15) is 36.3 Å². The maximum Gasteiger partial charge on any atom is 0.241 e. The smallest absolute Gasteiger partial charge is 0.241 e. The normalized spacial score (nSPS) is 16.6. The third-order valence-corrected chi connectivity index (χ3v) is 7.00. The molecule has 1 fully saturated rings. The van der Waals surface area contributed by atoms with Crippen molar-refractivity contribution in [3.63, 3.8) is 0 Å². The summed E-state index contributed by atoms with van der Waals surface area (Å²) in [4.78, 5) is 19.5. The average Bonchev–Trinajstić information content (AvgIpc) is 3.31. The molecule has 0 saturated carbocycles. The highest BCUT2D eigenvalue weighted by Gasteiger charge is 2.26. The van der Waals surface area contributed by atoms with Gasteiger partial charge in [0.25, 0.3) is 0 Å². The van der Waals surface area contributed by atoms with Gasteiger partial charge in [-0.2, -0.15) is 16.7 Å². The number of nitrogens with one attached hydrogen (secondary N) is 1. The first-order valence-corrected chi connectivity index (χ1v) is 12.8. The Labute approximate surface area is 200 Å². The van der Waals surface area contributed by atoms with Crippen molar-refractivity contribution in [3.8, 4) is 11.4 Å². The van der Waals surface area contributed by atoms with E-state index in [0.29, 0.717) is 18.3 Å². The predicted molar refractivity (Wildman–Crippen MR) is 133 cm³/mol. The van der Waals surface area contributed by atoms with Gasteiger partial charge in [-0.3, -0.25) is 9.69 Å². The zero-order valence-electron chi connectivity index (χ0n) is 19.2. The molecule has 6 nitrogen and oxygen atoms in total. The molecule has 1 amide bonds. The first-order valence-electron chi connectivity index (χ1n) is 11.7. The van der Waals surface area contributed by atoms with Crippen molar-refractivity contribution >= 4 is 17.7 Å². The van der Waals surface area contributed by atoms with E-state index >= 15 is 0 Å². The fraction of sp³-hybridized carbons (Fsp3) is 0.423. The van der Waals surface area contributed by atoms with Crippen LogP contribution in [0.3, 0.4) is 0 Å². The average molecular weight is 465 g/mol. The van der Waals surface area contributed by atoms with Gasteiger partial charge in [0.15, 0.2) is 0 Å². The summed E-state index contributed by atoms with van der Waals surface area (Å²) in [6, 6.07) is 18.6. The first-order chi connectivity index (χ1) is 16.2. The lowest BCUT2D eigenvalue weighted by atomic mass is 9.97. The zero-order chi connectivity index (χ0) is 22.9. The van der Waals surface area contributed by atoms with Crippen LogP contribution in [0.5, 0.6) is 0 Å². The molecule has 2 aromatic carbocycles. The molecule has 2 heterocycles. The lowest BCUT2D eigenvalue weighted by molar-refractivity contribution is -0.126. The molecule has 3 aromatic rings. The number of benzene rings is 2. The van der Waals surface area contributed by atoms with E-state index in [9.17, 15) is 4.79 Å². The maximum absolute atomic E-state index is 12.7. The molecule has 0 bridgehead atoms. The van der Waals surface area contributed by atoms with Crippen LogP contribution in [-0.2, 0) is 17.1 Å². The number of thioether (sulfide) groups is 1. The number of hydrogen-bond donors (Lipinski definition) is 1. The molecule has 1 atom stereocenters. The Morgan fingerprint density at radius 2 is 2.00 bits per heavy atom. The summed E-state index contributed by atoms with van der Waals surface area (Å²) in [7, 11) is 0. The van der Waals surface area contributed by atoms with Crippen molar-refractivity contribution in [2.45, 2.75) is 38.5 Å². The largest absolute Gasteiger partial charge is 0.356 e. The number of piperidine rings is 1. The Balaban J connectivity index is 1.17. The number of carbonyl (C=O) groups is 1. The van der Waals surface area contributed by atoms with Crippen LogP contribution in [0.15, 0.2) is 59.1 Å². The Morgan fingerprint density at radius 3 is 2.82 bits per heavy atom. The second-order valence-electron chi connectivity index (χ2n) is 8.63. The van der Waals surface area contributed by atoms with Crippen molar-refractivity contribution in [3.05, 3.63) is 71.6 Å². The van der Waals surface area contributed by atoms with Crippen LogP contribution in [0.2, 0.25) is 0 Å². The van der Waals surface area contributed by atoms with Crippen LogP contribution in [-0.4, -0.2) is 46.3 Å². The van der Waals surface area contributed by atoms with Crippen molar-refractivity contribution in [1.29, 1.82) is 0 Å². The van der Waals surface area contributed by atoms with Crippen molar-refractivity contribution in [2.75, 3.05) is 25.4 Å². The van der Waals surface area contributed by atoms with E-state index in [4.69, 9.17) is 4.52 Å². The third-order valence-electron chi connectivity index (χ3n) is 5.89. The molecule has 0 aliphatic carbocycles. The molecule has 4 rings (SSSR count). The summed E-state index contributed by atoms with van der Waals surface area (Å²) in [5.41, 5.74) is 3.50. The standard InChI is InChI=1S/C26H32N4O2S/c1-20-10-12-22(13-11-20)25-28-24(32-29-25)18-30-15-5-9-23(17-30)26(31)27-14-6-16-33-19-21-7-3-2-4-8-21/h2-4,7-8,10-13,23H,5-6,9,14-19H2,1H3,(H,27,31). The quantitative estimate of drug-likeness (QED) is 0.439. The summed E-state index contributed by atoms with van der Waals surface area (Å²) < 4.78 is 5.48. The number of nitrogens with zero attached hydrogens (tertiary/aromatic N) is 3. The highest BCUT2D eigenvalue weighted by Crippen LogP contribution is 2.21. The summed E-state index contributed by atoms with van der Waals surface area (Å²) in [6.07, 6.45) is 2.93. The second-order valence-corrected chi connectivity index (χ2v) is 9.74. The van der Waals surface area contributed by atoms with Crippen molar-refractivity contribution in [2.24, 2.45) is 5.92 Å². The maximum atomic E-state index is 12.7. The molecule has 1 aliphatic heterocycles. The van der Waals surface area contributed by atoms with Gasteiger partial charge in [0.2, 0.25) is 17.6 Å². The van der Waals surface area contributed by atoms with Crippen LogP contribution >= 0.6 is 11.8 Å². The first kappa shape index (κ1) is 23.5. The zero-order valence-corrected chi connectivity index (χ0v) is 20.0. The molecule has 1 aromatic heterocycles. The number of carbonyl (C=O) groups excluding carboxylic acids is 1. The van der Waals surface area contributed by atoms with Gasteiger partial charge < -0.3 is 9.84 Å². The Bertz CT molecular complexity index is 1010. The minimum absolute atomic E-state index is 0.0233. The number of likely N-dealkylation sites (tertiary alicyclic amines) is 1. The van der Waals surface area contributed by atoms with Gasteiger partial charge in [-0.05, 0) is 44.0 Å². The van der Waals surface area contributed by atoms with Crippen molar-refractivity contribution < 1.29 is 9.32 Å². The van der Waals surface area contributed by atoms with Gasteiger partial charge >= 0.3 is 0 Å². The molecule has 0 spiro atoms. The molecule has 0 radical (unpaired) electrons. The fourth-order valence-corrected chi connectivity index (χ4v) is 4.96. The van der Waals surface area contributed by atoms with Gasteiger partial charge in [0.1, 0.15) is 0 Å². The number of rotatable bonds is 10. The Morgan fingerprint density at radius 1 is 1.18 bits per heavy atom. The Kier molecular flexibility index (Phi) is 8.55. The molecular weight excluding hydrogens is 432 g/mol. The second kappa shape index (κ2) is 12.0. The number of aryl methyl sites for hydroxylation is 1. The van der Waals surface area contributed by atoms with Gasteiger partial charge in [-0.25, -0.2) is 0 Å². The van der Waals surface area contributed by atoms with Gasteiger partial charge in [-0.1, -0.05) is 65.3 Å². The van der Waals surface area contributed by atoms with E-state index < -0.39 is 0 Å². The molecule has 174 valence electrons. The summed E-state index contributed by atoms with van der Waals surface area (Å²) in [6.45, 7) is 5.05. The summed E-state index contributed by atoms with van der Waals surface area (Å²) >= 11 is 1.91. The summed E-state index contributed by atoms with van der Waals surface area (Å²) in [5, 5.41) is 7.26. The van der Waals surface area contributed by atoms with Crippen LogP contribution in [0.25, 0.3) is 11.4 Å². The number of aromatic nitrogens is 2. The lowest BCUT2D eigenvalue weighted by Gasteiger charge is -2.30. The SMILES string of the molecule is Cc1ccc(-c2noc(CN3CCCC(C(=O)NCCCSCc4ccccc4)C3)n2)cc1. The molecule has 1 aliphatic rings. The van der Waals surface area contributed by atoms with Crippen molar-refractivity contribution in [1.82, 2.24) is 20.4 Å². The Hall–Kier alpha value is -2.64. The van der Waals surface area contributed by atoms with Crippen LogP contribution in [0.4, 0.5) is 0 Å².